The number of likely N-dealkylation sites (tertiary alicyclic amines) is 1. The van der Waals surface area contributed by atoms with Crippen LogP contribution in [-0.2, 0) is 17.1 Å². The monoisotopic (exact) mass is 473 g/mol. The summed E-state index contributed by atoms with van der Waals surface area (Å²) in [5.74, 6) is 0.284. The van der Waals surface area contributed by atoms with Gasteiger partial charge in [-0.2, -0.15) is 0 Å². The average molecular weight is 474 g/mol. The minimum atomic E-state index is -3.84. The van der Waals surface area contributed by atoms with Crippen LogP contribution in [0.1, 0.15) is 46.0 Å². The molecule has 0 unspecified atom stereocenters. The maximum absolute atomic E-state index is 13.1. The first-order valence-electron chi connectivity index (χ1n) is 10.6. The van der Waals surface area contributed by atoms with Crippen LogP contribution in [0.15, 0.2) is 29.2 Å². The SMILES string of the molecule is Cc1cccc(NS(=O)(=O)c2cc(-c3nc(C)c(C(=O)N4CCCCC4)s3)n(C)c2C)n1. The Kier molecular flexibility index (Phi) is 6.09. The van der Waals surface area contributed by atoms with E-state index in [0.29, 0.717) is 27.0 Å². The van der Waals surface area contributed by atoms with Gasteiger partial charge in [-0.05, 0) is 58.2 Å². The smallest absolute Gasteiger partial charge is 0.265 e. The van der Waals surface area contributed by atoms with Crippen LogP contribution in [0.4, 0.5) is 5.82 Å². The number of rotatable bonds is 5. The summed E-state index contributed by atoms with van der Waals surface area (Å²) in [6, 6.07) is 6.78. The van der Waals surface area contributed by atoms with Gasteiger partial charge in [-0.3, -0.25) is 9.52 Å². The molecule has 0 bridgehead atoms. The van der Waals surface area contributed by atoms with Crippen molar-refractivity contribution in [1.29, 1.82) is 0 Å². The Bertz CT molecular complexity index is 1270. The molecule has 0 aromatic carbocycles. The maximum Gasteiger partial charge on any atom is 0.265 e. The summed E-state index contributed by atoms with van der Waals surface area (Å²) < 4.78 is 30.5. The lowest BCUT2D eigenvalue weighted by Gasteiger charge is -2.26. The zero-order valence-corrected chi connectivity index (χ0v) is 20.3. The highest BCUT2D eigenvalue weighted by Crippen LogP contribution is 2.33. The summed E-state index contributed by atoms with van der Waals surface area (Å²) >= 11 is 1.32. The second kappa shape index (κ2) is 8.67. The van der Waals surface area contributed by atoms with Gasteiger partial charge < -0.3 is 9.47 Å². The predicted octanol–water partition coefficient (Wildman–Crippen LogP) is 3.90. The zero-order chi connectivity index (χ0) is 23.0. The molecule has 3 aromatic heterocycles. The third-order valence-electron chi connectivity index (χ3n) is 5.76. The third kappa shape index (κ3) is 4.29. The number of sulfonamides is 1. The normalized spacial score (nSPS) is 14.6. The Morgan fingerprint density at radius 3 is 2.50 bits per heavy atom. The van der Waals surface area contributed by atoms with Crippen molar-refractivity contribution in [3.63, 3.8) is 0 Å². The van der Waals surface area contributed by atoms with Crippen molar-refractivity contribution in [2.24, 2.45) is 7.05 Å². The molecule has 32 heavy (non-hydrogen) atoms. The minimum absolute atomic E-state index is 0.0110. The standard InChI is InChI=1S/C22H27N5O3S2/c1-14-9-8-10-19(23-14)25-32(29,30)18-13-17(26(4)16(18)3)21-24-15(2)20(31-21)22(28)27-11-6-5-7-12-27/h8-10,13H,5-7,11-12H2,1-4H3,(H,23,25). The first-order valence-corrected chi connectivity index (χ1v) is 12.9. The molecule has 0 radical (unpaired) electrons. The highest BCUT2D eigenvalue weighted by atomic mass is 32.2. The van der Waals surface area contributed by atoms with Gasteiger partial charge in [0.15, 0.2) is 0 Å². The lowest BCUT2D eigenvalue weighted by Crippen LogP contribution is -2.35. The van der Waals surface area contributed by atoms with Crippen molar-refractivity contribution in [2.75, 3.05) is 17.8 Å². The topological polar surface area (TPSA) is 97.2 Å². The molecule has 1 fully saturated rings. The molecule has 1 aliphatic heterocycles. The van der Waals surface area contributed by atoms with Gasteiger partial charge in [-0.1, -0.05) is 6.07 Å². The van der Waals surface area contributed by atoms with Crippen LogP contribution in [0.3, 0.4) is 0 Å². The van der Waals surface area contributed by atoms with Crippen LogP contribution in [0.2, 0.25) is 0 Å². The highest BCUT2D eigenvalue weighted by molar-refractivity contribution is 7.92. The van der Waals surface area contributed by atoms with Crippen LogP contribution in [0.25, 0.3) is 10.7 Å². The molecule has 4 heterocycles. The summed E-state index contributed by atoms with van der Waals surface area (Å²) in [5.41, 5.74) is 2.63. The molecule has 0 spiro atoms. The average Bonchev–Trinajstić information content (AvgIpc) is 3.28. The number of aromatic nitrogens is 3. The Morgan fingerprint density at radius 2 is 1.81 bits per heavy atom. The number of carbonyl (C=O) groups excluding carboxylic acids is 1. The van der Waals surface area contributed by atoms with E-state index in [1.807, 2.05) is 11.8 Å². The Morgan fingerprint density at radius 1 is 1.09 bits per heavy atom. The molecule has 8 nitrogen and oxygen atoms in total. The van der Waals surface area contributed by atoms with Gasteiger partial charge in [0, 0.05) is 31.5 Å². The fourth-order valence-corrected chi connectivity index (χ4v) is 6.26. The molecule has 10 heteroatoms. The van der Waals surface area contributed by atoms with Gasteiger partial charge >= 0.3 is 0 Å². The molecular weight excluding hydrogens is 446 g/mol. The van der Waals surface area contributed by atoms with Gasteiger partial charge in [-0.15, -0.1) is 11.3 Å². The van der Waals surface area contributed by atoms with Gasteiger partial charge in [-0.25, -0.2) is 18.4 Å². The summed E-state index contributed by atoms with van der Waals surface area (Å²) in [6.45, 7) is 6.93. The molecular formula is C22H27N5O3S2. The lowest BCUT2D eigenvalue weighted by molar-refractivity contribution is 0.0728. The number of nitrogens with one attached hydrogen (secondary N) is 1. The predicted molar refractivity (Wildman–Crippen MR) is 126 cm³/mol. The Hall–Kier alpha value is -2.72. The molecule has 0 aliphatic carbocycles. The van der Waals surface area contributed by atoms with Gasteiger partial charge in [0.2, 0.25) is 0 Å². The fourth-order valence-electron chi connectivity index (χ4n) is 3.89. The Balaban J connectivity index is 1.66. The second-order valence-corrected chi connectivity index (χ2v) is 10.7. The van der Waals surface area contributed by atoms with Crippen LogP contribution in [-0.4, -0.2) is 46.8 Å². The summed E-state index contributed by atoms with van der Waals surface area (Å²) in [4.78, 5) is 24.5. The maximum atomic E-state index is 13.1. The third-order valence-corrected chi connectivity index (χ3v) is 8.40. The van der Waals surface area contributed by atoms with Crippen molar-refractivity contribution in [1.82, 2.24) is 19.4 Å². The molecule has 0 saturated carbocycles. The number of nitrogens with zero attached hydrogens (tertiary/aromatic N) is 4. The van der Waals surface area contributed by atoms with Crippen molar-refractivity contribution in [3.8, 4) is 10.7 Å². The van der Waals surface area contributed by atoms with E-state index < -0.39 is 10.0 Å². The number of thiazole rings is 1. The van der Waals surface area contributed by atoms with Gasteiger partial charge in [0.25, 0.3) is 15.9 Å². The molecule has 1 amide bonds. The van der Waals surface area contributed by atoms with E-state index in [1.165, 1.54) is 11.3 Å². The van der Waals surface area contributed by atoms with E-state index in [9.17, 15) is 13.2 Å². The molecule has 3 aromatic rings. The molecule has 1 N–H and O–H groups in total. The van der Waals surface area contributed by atoms with Crippen molar-refractivity contribution in [2.45, 2.75) is 44.9 Å². The molecule has 1 saturated heterocycles. The van der Waals surface area contributed by atoms with Crippen molar-refractivity contribution < 1.29 is 13.2 Å². The molecule has 1 aliphatic rings. The zero-order valence-electron chi connectivity index (χ0n) is 18.7. The largest absolute Gasteiger partial charge is 0.345 e. The van der Waals surface area contributed by atoms with E-state index in [1.54, 1.807) is 49.7 Å². The van der Waals surface area contributed by atoms with Crippen molar-refractivity contribution in [3.05, 3.63) is 46.2 Å². The number of hydrogen-bond donors (Lipinski definition) is 1. The molecule has 4 rings (SSSR count). The Labute approximate surface area is 192 Å². The fraction of sp³-hybridized carbons (Fsp3) is 0.409. The number of piperidine rings is 1. The van der Waals surface area contributed by atoms with E-state index in [2.05, 4.69) is 14.7 Å². The van der Waals surface area contributed by atoms with Gasteiger partial charge in [0.1, 0.15) is 20.6 Å². The quantitative estimate of drug-likeness (QED) is 0.606. The number of aryl methyl sites for hydroxylation is 2. The minimum Gasteiger partial charge on any atom is -0.345 e. The van der Waals surface area contributed by atoms with Crippen LogP contribution in [0, 0.1) is 20.8 Å². The highest BCUT2D eigenvalue weighted by Gasteiger charge is 2.27. The summed E-state index contributed by atoms with van der Waals surface area (Å²) in [6.07, 6.45) is 3.21. The summed E-state index contributed by atoms with van der Waals surface area (Å²) in [5, 5.41) is 0.628. The van der Waals surface area contributed by atoms with E-state index in [0.717, 1.165) is 38.0 Å². The number of amides is 1. The van der Waals surface area contributed by atoms with Gasteiger partial charge in [0.05, 0.1) is 11.4 Å². The van der Waals surface area contributed by atoms with Crippen LogP contribution < -0.4 is 4.72 Å². The number of anilines is 1. The first kappa shape index (κ1) is 22.5. The van der Waals surface area contributed by atoms with E-state index in [-0.39, 0.29) is 16.6 Å². The first-order chi connectivity index (χ1) is 15.2. The summed E-state index contributed by atoms with van der Waals surface area (Å²) in [7, 11) is -2.04. The second-order valence-electron chi connectivity index (χ2n) is 8.09. The molecule has 170 valence electrons. The number of hydrogen-bond acceptors (Lipinski definition) is 6. The molecule has 0 atom stereocenters. The number of carbonyl (C=O) groups is 1. The van der Waals surface area contributed by atoms with Crippen LogP contribution >= 0.6 is 11.3 Å². The van der Waals surface area contributed by atoms with Crippen LogP contribution in [0.5, 0.6) is 0 Å². The van der Waals surface area contributed by atoms with E-state index in [4.69, 9.17) is 0 Å². The van der Waals surface area contributed by atoms with Crippen molar-refractivity contribution >= 4 is 33.1 Å². The number of pyridine rings is 1. The lowest BCUT2D eigenvalue weighted by atomic mass is 10.1. The van der Waals surface area contributed by atoms with E-state index >= 15 is 0 Å².